The van der Waals surface area contributed by atoms with Gasteiger partial charge >= 0.3 is 6.30 Å². The minimum absolute atomic E-state index is 0.458. The molecule has 0 aliphatic carbocycles. The third-order valence-electron chi connectivity index (χ3n) is 1.76. The Morgan fingerprint density at radius 1 is 1.12 bits per heavy atom. The summed E-state index contributed by atoms with van der Waals surface area (Å²) in [7, 11) is 0. The standard InChI is InChI=1S/C10H12F3N3/c1-6-3-7(2)5-8(4-6)15-9(14)16-10(11,12)13/h3-5H,1-2H3,(H3,14,15,16). The lowest BCUT2D eigenvalue weighted by Gasteiger charge is -2.13. The van der Waals surface area contributed by atoms with Gasteiger partial charge in [0.25, 0.3) is 0 Å². The molecule has 1 aromatic carbocycles. The van der Waals surface area contributed by atoms with Crippen LogP contribution in [0.15, 0.2) is 18.2 Å². The average molecular weight is 231 g/mol. The fourth-order valence-corrected chi connectivity index (χ4v) is 1.36. The fourth-order valence-electron chi connectivity index (χ4n) is 1.36. The first-order valence-electron chi connectivity index (χ1n) is 4.55. The predicted octanol–water partition coefficient (Wildman–Crippen LogP) is 2.76. The second-order valence-corrected chi connectivity index (χ2v) is 3.50. The molecular weight excluding hydrogens is 219 g/mol. The summed E-state index contributed by atoms with van der Waals surface area (Å²) in [4.78, 5) is 0. The Balaban J connectivity index is 2.70. The van der Waals surface area contributed by atoms with E-state index in [0.29, 0.717) is 5.69 Å². The van der Waals surface area contributed by atoms with E-state index in [2.05, 4.69) is 5.32 Å². The van der Waals surface area contributed by atoms with Crippen LogP contribution >= 0.6 is 0 Å². The molecule has 0 atom stereocenters. The van der Waals surface area contributed by atoms with Crippen molar-refractivity contribution >= 4 is 11.6 Å². The molecule has 3 N–H and O–H groups in total. The van der Waals surface area contributed by atoms with Gasteiger partial charge in [-0.05, 0) is 37.1 Å². The summed E-state index contributed by atoms with van der Waals surface area (Å²) in [6, 6.07) is 5.23. The normalized spacial score (nSPS) is 11.1. The second kappa shape index (κ2) is 4.42. The molecule has 0 fully saturated rings. The van der Waals surface area contributed by atoms with Crippen LogP contribution in [0.2, 0.25) is 0 Å². The number of hydrogen-bond donors (Lipinski definition) is 3. The van der Waals surface area contributed by atoms with E-state index in [9.17, 15) is 13.2 Å². The van der Waals surface area contributed by atoms with Gasteiger partial charge in [-0.25, -0.2) is 0 Å². The molecule has 0 unspecified atom stereocenters. The number of rotatable bonds is 1. The van der Waals surface area contributed by atoms with Gasteiger partial charge in [-0.2, -0.15) is 13.2 Å². The van der Waals surface area contributed by atoms with E-state index in [1.807, 2.05) is 19.9 Å². The molecule has 0 saturated carbocycles. The number of anilines is 1. The van der Waals surface area contributed by atoms with Crippen LogP contribution in [0.3, 0.4) is 0 Å². The Labute approximate surface area is 91.2 Å². The second-order valence-electron chi connectivity index (χ2n) is 3.50. The zero-order valence-corrected chi connectivity index (χ0v) is 8.87. The summed E-state index contributed by atoms with van der Waals surface area (Å²) in [5, 5.41) is 10.5. The Morgan fingerprint density at radius 3 is 2.06 bits per heavy atom. The van der Waals surface area contributed by atoms with Crippen molar-refractivity contribution in [2.45, 2.75) is 20.1 Å². The van der Waals surface area contributed by atoms with Crippen molar-refractivity contribution in [3.05, 3.63) is 29.3 Å². The van der Waals surface area contributed by atoms with Gasteiger partial charge < -0.3 is 5.32 Å². The number of guanidine groups is 1. The van der Waals surface area contributed by atoms with Gasteiger partial charge in [-0.3, -0.25) is 10.7 Å². The molecule has 16 heavy (non-hydrogen) atoms. The molecule has 0 bridgehead atoms. The van der Waals surface area contributed by atoms with Gasteiger partial charge in [-0.15, -0.1) is 0 Å². The number of nitrogens with one attached hydrogen (secondary N) is 3. The summed E-state index contributed by atoms with van der Waals surface area (Å²) in [5.41, 5.74) is 2.30. The Hall–Kier alpha value is -1.72. The van der Waals surface area contributed by atoms with Gasteiger partial charge in [0.05, 0.1) is 0 Å². The quantitative estimate of drug-likeness (QED) is 0.395. The average Bonchev–Trinajstić information content (AvgIpc) is 1.96. The molecule has 0 aliphatic rings. The molecule has 0 saturated heterocycles. The third-order valence-corrected chi connectivity index (χ3v) is 1.76. The SMILES string of the molecule is Cc1cc(C)cc(NC(=N)NC(F)(F)F)c1. The maximum atomic E-state index is 11.9. The van der Waals surface area contributed by atoms with Crippen molar-refractivity contribution in [3.8, 4) is 0 Å². The van der Waals surface area contributed by atoms with Crippen LogP contribution in [0.1, 0.15) is 11.1 Å². The van der Waals surface area contributed by atoms with Crippen LogP contribution in [0.4, 0.5) is 18.9 Å². The number of halogens is 3. The van der Waals surface area contributed by atoms with Gasteiger partial charge in [0.2, 0.25) is 0 Å². The zero-order valence-electron chi connectivity index (χ0n) is 8.87. The van der Waals surface area contributed by atoms with Crippen molar-refractivity contribution in [1.82, 2.24) is 5.32 Å². The first kappa shape index (κ1) is 12.4. The molecule has 1 rings (SSSR count). The van der Waals surface area contributed by atoms with Crippen molar-refractivity contribution in [1.29, 1.82) is 5.41 Å². The lowest BCUT2D eigenvalue weighted by molar-refractivity contribution is -0.141. The zero-order chi connectivity index (χ0) is 12.3. The Kier molecular flexibility index (Phi) is 3.41. The van der Waals surface area contributed by atoms with Gasteiger partial charge in [-0.1, -0.05) is 6.07 Å². The molecule has 0 amide bonds. The summed E-state index contributed by atoms with van der Waals surface area (Å²) >= 11 is 0. The minimum atomic E-state index is -4.59. The molecule has 0 radical (unpaired) electrons. The highest BCUT2D eigenvalue weighted by Gasteiger charge is 2.28. The lowest BCUT2D eigenvalue weighted by Crippen LogP contribution is -2.40. The highest BCUT2D eigenvalue weighted by Crippen LogP contribution is 2.14. The molecule has 88 valence electrons. The topological polar surface area (TPSA) is 47.9 Å². The monoisotopic (exact) mass is 231 g/mol. The van der Waals surface area contributed by atoms with Crippen molar-refractivity contribution in [2.75, 3.05) is 5.32 Å². The first-order valence-corrected chi connectivity index (χ1v) is 4.55. The van der Waals surface area contributed by atoms with Gasteiger partial charge in [0.1, 0.15) is 0 Å². The summed E-state index contributed by atoms with van der Waals surface area (Å²) in [5.74, 6) is -0.794. The van der Waals surface area contributed by atoms with E-state index in [-0.39, 0.29) is 0 Å². The summed E-state index contributed by atoms with van der Waals surface area (Å²) < 4.78 is 35.6. The molecule has 1 aromatic rings. The van der Waals surface area contributed by atoms with Crippen molar-refractivity contribution in [2.24, 2.45) is 0 Å². The first-order chi connectivity index (χ1) is 7.26. The number of benzene rings is 1. The maximum Gasteiger partial charge on any atom is 0.484 e. The van der Waals surface area contributed by atoms with Crippen molar-refractivity contribution < 1.29 is 13.2 Å². The van der Waals surface area contributed by atoms with Crippen molar-refractivity contribution in [3.63, 3.8) is 0 Å². The van der Waals surface area contributed by atoms with Crippen LogP contribution in [0.5, 0.6) is 0 Å². The number of aryl methyl sites for hydroxylation is 2. The predicted molar refractivity (Wildman–Crippen MR) is 56.5 cm³/mol. The smallest absolute Gasteiger partial charge is 0.326 e. The molecule has 3 nitrogen and oxygen atoms in total. The highest BCUT2D eigenvalue weighted by molar-refractivity contribution is 5.91. The van der Waals surface area contributed by atoms with Crippen LogP contribution in [-0.2, 0) is 0 Å². The van der Waals surface area contributed by atoms with E-state index in [1.165, 1.54) is 0 Å². The molecule has 0 aromatic heterocycles. The minimum Gasteiger partial charge on any atom is -0.326 e. The lowest BCUT2D eigenvalue weighted by atomic mass is 10.1. The van der Waals surface area contributed by atoms with Gasteiger partial charge in [0, 0.05) is 5.69 Å². The Morgan fingerprint density at radius 2 is 1.62 bits per heavy atom. The van der Waals surface area contributed by atoms with Gasteiger partial charge in [0.15, 0.2) is 5.96 Å². The van der Waals surface area contributed by atoms with Crippen LogP contribution in [0.25, 0.3) is 0 Å². The maximum absolute atomic E-state index is 11.9. The molecular formula is C10H12F3N3. The fraction of sp³-hybridized carbons (Fsp3) is 0.300. The molecule has 0 heterocycles. The van der Waals surface area contributed by atoms with Crippen LogP contribution in [0, 0.1) is 19.3 Å². The summed E-state index contributed by atoms with van der Waals surface area (Å²) in [6.45, 7) is 3.66. The van der Waals surface area contributed by atoms with Crippen LogP contribution < -0.4 is 10.6 Å². The highest BCUT2D eigenvalue weighted by atomic mass is 19.4. The van der Waals surface area contributed by atoms with E-state index in [4.69, 9.17) is 5.41 Å². The van der Waals surface area contributed by atoms with Crippen LogP contribution in [-0.4, -0.2) is 12.3 Å². The number of alkyl halides is 3. The molecule has 6 heteroatoms. The van der Waals surface area contributed by atoms with E-state index < -0.39 is 12.3 Å². The largest absolute Gasteiger partial charge is 0.484 e. The molecule has 0 aliphatic heterocycles. The third kappa shape index (κ3) is 4.20. The van der Waals surface area contributed by atoms with E-state index in [0.717, 1.165) is 16.4 Å². The molecule has 0 spiro atoms. The Bertz CT molecular complexity index is 379. The number of hydrogen-bond acceptors (Lipinski definition) is 1. The van der Waals surface area contributed by atoms with E-state index >= 15 is 0 Å². The summed E-state index contributed by atoms with van der Waals surface area (Å²) in [6.07, 6.45) is -4.59. The van der Waals surface area contributed by atoms with E-state index in [1.54, 1.807) is 12.1 Å².